The van der Waals surface area contributed by atoms with Gasteiger partial charge in [-0.2, -0.15) is 5.10 Å². The number of carbonyl (C=O) groups excluding carboxylic acids is 1. The summed E-state index contributed by atoms with van der Waals surface area (Å²) in [6.07, 6.45) is 0.145. The Kier molecular flexibility index (Phi) is 6.31. The number of aromatic nitrogens is 2. The number of rotatable bonds is 6. The monoisotopic (exact) mass is 397 g/mol. The molecule has 1 unspecified atom stereocenters. The largest absolute Gasteiger partial charge is 0.481 e. The summed E-state index contributed by atoms with van der Waals surface area (Å²) in [4.78, 5) is 24.9. The van der Waals surface area contributed by atoms with E-state index < -0.39 is 11.9 Å². The van der Waals surface area contributed by atoms with Gasteiger partial charge in [0, 0.05) is 29.9 Å². The second-order valence-electron chi connectivity index (χ2n) is 6.35. The molecular weight excluding hydrogens is 377 g/mol. The van der Waals surface area contributed by atoms with Gasteiger partial charge in [0.05, 0.1) is 28.7 Å². The van der Waals surface area contributed by atoms with E-state index in [0.29, 0.717) is 15.7 Å². The fourth-order valence-corrected chi connectivity index (χ4v) is 3.18. The molecule has 0 saturated heterocycles. The van der Waals surface area contributed by atoms with Crippen LogP contribution in [0.25, 0.3) is 5.69 Å². The number of amides is 1. The van der Waals surface area contributed by atoms with Gasteiger partial charge in [-0.05, 0) is 32.0 Å². The lowest BCUT2D eigenvalue weighted by Gasteiger charge is -2.19. The Balaban J connectivity index is 2.25. The molecule has 1 atom stereocenters. The van der Waals surface area contributed by atoms with Crippen molar-refractivity contribution >= 4 is 35.1 Å². The van der Waals surface area contributed by atoms with Crippen LogP contribution >= 0.6 is 23.2 Å². The summed E-state index contributed by atoms with van der Waals surface area (Å²) in [6.45, 7) is 5.43. The summed E-state index contributed by atoms with van der Waals surface area (Å²) < 4.78 is 1.69. The highest BCUT2D eigenvalue weighted by atomic mass is 35.5. The number of carboxylic acid groups (broad SMARTS) is 1. The van der Waals surface area contributed by atoms with Crippen molar-refractivity contribution in [3.8, 4) is 5.69 Å². The number of aliphatic carboxylic acids is 1. The zero-order valence-corrected chi connectivity index (χ0v) is 16.6. The minimum absolute atomic E-state index is 0.145. The number of hydrogen-bond donors (Lipinski definition) is 1. The van der Waals surface area contributed by atoms with Crippen LogP contribution in [0.3, 0.4) is 0 Å². The molecule has 140 valence electrons. The van der Waals surface area contributed by atoms with E-state index in [4.69, 9.17) is 28.3 Å². The lowest BCUT2D eigenvalue weighted by molar-refractivity contribution is -0.142. The van der Waals surface area contributed by atoms with Gasteiger partial charge in [0.25, 0.3) is 0 Å². The first-order valence-electron chi connectivity index (χ1n) is 8.09. The molecule has 0 aliphatic carbocycles. The van der Waals surface area contributed by atoms with Crippen LogP contribution in [-0.4, -0.2) is 45.3 Å². The van der Waals surface area contributed by atoms with Crippen LogP contribution in [0, 0.1) is 19.8 Å². The van der Waals surface area contributed by atoms with Crippen LogP contribution < -0.4 is 0 Å². The predicted octanol–water partition coefficient (Wildman–Crippen LogP) is 3.52. The molecule has 0 aliphatic heterocycles. The van der Waals surface area contributed by atoms with Crippen molar-refractivity contribution in [3.05, 3.63) is 45.2 Å². The van der Waals surface area contributed by atoms with Crippen molar-refractivity contribution in [2.24, 2.45) is 5.92 Å². The first kappa shape index (κ1) is 20.3. The maximum absolute atomic E-state index is 12.5. The zero-order valence-electron chi connectivity index (χ0n) is 15.1. The molecule has 0 aliphatic rings. The molecule has 6 nitrogen and oxygen atoms in total. The fraction of sp³-hybridized carbons (Fsp3) is 0.389. The maximum atomic E-state index is 12.5. The molecule has 1 amide bonds. The van der Waals surface area contributed by atoms with E-state index in [1.807, 2.05) is 13.8 Å². The normalized spacial score (nSPS) is 12.1. The Hall–Kier alpha value is -2.05. The number of carboxylic acids is 1. The number of carbonyl (C=O) groups is 2. The molecule has 1 aromatic carbocycles. The van der Waals surface area contributed by atoms with Gasteiger partial charge in [-0.15, -0.1) is 0 Å². The predicted molar refractivity (Wildman–Crippen MR) is 101 cm³/mol. The lowest BCUT2D eigenvalue weighted by Crippen LogP contribution is -2.34. The number of nitrogens with zero attached hydrogens (tertiary/aromatic N) is 3. The molecule has 1 N–H and O–H groups in total. The summed E-state index contributed by atoms with van der Waals surface area (Å²) >= 11 is 12.2. The van der Waals surface area contributed by atoms with Crippen LogP contribution in [0.2, 0.25) is 10.0 Å². The van der Waals surface area contributed by atoms with Gasteiger partial charge in [0.2, 0.25) is 5.91 Å². The summed E-state index contributed by atoms with van der Waals surface area (Å²) in [5.74, 6) is -1.71. The molecule has 0 bridgehead atoms. The molecule has 8 heteroatoms. The molecule has 0 fully saturated rings. The average molecular weight is 398 g/mol. The fourth-order valence-electron chi connectivity index (χ4n) is 2.70. The van der Waals surface area contributed by atoms with Crippen LogP contribution in [0.15, 0.2) is 18.2 Å². The molecule has 2 rings (SSSR count). The van der Waals surface area contributed by atoms with Crippen molar-refractivity contribution in [2.45, 2.75) is 27.2 Å². The zero-order chi connectivity index (χ0) is 19.6. The third-order valence-corrected chi connectivity index (χ3v) is 4.84. The third kappa shape index (κ3) is 4.37. The van der Waals surface area contributed by atoms with Crippen molar-refractivity contribution in [1.82, 2.24) is 14.7 Å². The molecule has 1 heterocycles. The van der Waals surface area contributed by atoms with E-state index in [2.05, 4.69) is 5.10 Å². The number of likely N-dealkylation sites (N-methyl/N-ethyl adjacent to an activating group) is 1. The van der Waals surface area contributed by atoms with E-state index in [0.717, 1.165) is 17.0 Å². The highest BCUT2D eigenvalue weighted by Crippen LogP contribution is 2.27. The average Bonchev–Trinajstić information content (AvgIpc) is 2.82. The highest BCUT2D eigenvalue weighted by molar-refractivity contribution is 6.35. The summed E-state index contributed by atoms with van der Waals surface area (Å²) in [6, 6.07) is 5.14. The SMILES string of the molecule is Cc1nn(-c2ccc(Cl)cc2Cl)c(C)c1CC(=O)N(C)CC(C)C(=O)O. The Labute approximate surface area is 162 Å². The second-order valence-corrected chi connectivity index (χ2v) is 7.19. The molecule has 26 heavy (non-hydrogen) atoms. The first-order valence-corrected chi connectivity index (χ1v) is 8.84. The summed E-state index contributed by atoms with van der Waals surface area (Å²) in [7, 11) is 1.60. The van der Waals surface area contributed by atoms with Crippen molar-refractivity contribution in [3.63, 3.8) is 0 Å². The Bertz CT molecular complexity index is 848. The Morgan fingerprint density at radius 1 is 1.31 bits per heavy atom. The summed E-state index contributed by atoms with van der Waals surface area (Å²) in [5, 5.41) is 14.5. The van der Waals surface area contributed by atoms with Gasteiger partial charge < -0.3 is 10.0 Å². The van der Waals surface area contributed by atoms with Gasteiger partial charge in [0.15, 0.2) is 0 Å². The Morgan fingerprint density at radius 2 is 1.96 bits per heavy atom. The van der Waals surface area contributed by atoms with E-state index >= 15 is 0 Å². The minimum atomic E-state index is -0.929. The summed E-state index contributed by atoms with van der Waals surface area (Å²) in [5.41, 5.74) is 3.01. The van der Waals surface area contributed by atoms with Gasteiger partial charge in [-0.3, -0.25) is 9.59 Å². The van der Waals surface area contributed by atoms with Crippen molar-refractivity contribution in [2.75, 3.05) is 13.6 Å². The van der Waals surface area contributed by atoms with Crippen molar-refractivity contribution in [1.29, 1.82) is 0 Å². The molecule has 1 aromatic heterocycles. The number of benzene rings is 1. The Morgan fingerprint density at radius 3 is 2.54 bits per heavy atom. The minimum Gasteiger partial charge on any atom is -0.481 e. The third-order valence-electron chi connectivity index (χ3n) is 4.30. The molecular formula is C18H21Cl2N3O3. The standard InChI is InChI=1S/C18H21Cl2N3O3/c1-10(18(25)26)9-22(4)17(24)8-14-11(2)21-23(12(14)3)16-6-5-13(19)7-15(16)20/h5-7,10H,8-9H2,1-4H3,(H,25,26). The van der Waals surface area contributed by atoms with Crippen molar-refractivity contribution < 1.29 is 14.7 Å². The number of hydrogen-bond acceptors (Lipinski definition) is 3. The highest BCUT2D eigenvalue weighted by Gasteiger charge is 2.21. The van der Waals surface area contributed by atoms with Gasteiger partial charge in [0.1, 0.15) is 0 Å². The van der Waals surface area contributed by atoms with Gasteiger partial charge >= 0.3 is 5.97 Å². The smallest absolute Gasteiger partial charge is 0.308 e. The van der Waals surface area contributed by atoms with Crippen LogP contribution in [0.4, 0.5) is 0 Å². The lowest BCUT2D eigenvalue weighted by atomic mass is 10.1. The van der Waals surface area contributed by atoms with E-state index in [9.17, 15) is 9.59 Å². The number of aryl methyl sites for hydroxylation is 1. The van der Waals surface area contributed by atoms with Crippen LogP contribution in [-0.2, 0) is 16.0 Å². The van der Waals surface area contributed by atoms with E-state index in [1.54, 1.807) is 36.9 Å². The molecule has 0 saturated carbocycles. The molecule has 0 spiro atoms. The quantitative estimate of drug-likeness (QED) is 0.808. The second kappa shape index (κ2) is 8.10. The first-order chi connectivity index (χ1) is 12.1. The topological polar surface area (TPSA) is 75.4 Å². The van der Waals surface area contributed by atoms with Crippen LogP contribution in [0.1, 0.15) is 23.9 Å². The molecule has 0 radical (unpaired) electrons. The van der Waals surface area contributed by atoms with E-state index in [-0.39, 0.29) is 18.9 Å². The van der Waals surface area contributed by atoms with E-state index in [1.165, 1.54) is 4.90 Å². The number of halogens is 2. The van der Waals surface area contributed by atoms with Gasteiger partial charge in [-0.1, -0.05) is 30.1 Å². The maximum Gasteiger partial charge on any atom is 0.308 e. The van der Waals surface area contributed by atoms with Crippen LogP contribution in [0.5, 0.6) is 0 Å². The van der Waals surface area contributed by atoms with Gasteiger partial charge in [-0.25, -0.2) is 4.68 Å². The molecule has 2 aromatic rings.